The van der Waals surface area contributed by atoms with Crippen LogP contribution >= 0.6 is 0 Å². The lowest BCUT2D eigenvalue weighted by molar-refractivity contribution is -0.145. The van der Waals surface area contributed by atoms with Gasteiger partial charge in [0, 0.05) is 25.3 Å². The third kappa shape index (κ3) is 3.50. The Bertz CT molecular complexity index is 767. The molecule has 1 aliphatic rings. The first kappa shape index (κ1) is 18.2. The number of carbonyl (C=O) groups is 2. The van der Waals surface area contributed by atoms with E-state index in [0.29, 0.717) is 19.4 Å². The van der Waals surface area contributed by atoms with Crippen LogP contribution in [-0.2, 0) is 16.1 Å². The SMILES string of the molecule is CC(C)N(Cc1ccccc1)C(=O)C1(C(=O)N(C)c2ccccc2)CC1. The summed E-state index contributed by atoms with van der Waals surface area (Å²) in [5.41, 5.74) is 0.994. The van der Waals surface area contributed by atoms with Gasteiger partial charge in [-0.3, -0.25) is 9.59 Å². The summed E-state index contributed by atoms with van der Waals surface area (Å²) < 4.78 is 0. The number of para-hydroxylation sites is 1. The van der Waals surface area contributed by atoms with E-state index < -0.39 is 5.41 Å². The predicted molar refractivity (Wildman–Crippen MR) is 104 cm³/mol. The molecule has 2 aromatic carbocycles. The summed E-state index contributed by atoms with van der Waals surface area (Å²) in [5.74, 6) is -0.156. The number of amides is 2. The van der Waals surface area contributed by atoms with Crippen molar-refractivity contribution in [1.29, 1.82) is 0 Å². The van der Waals surface area contributed by atoms with E-state index in [1.54, 1.807) is 11.9 Å². The third-order valence-corrected chi connectivity index (χ3v) is 5.10. The lowest BCUT2D eigenvalue weighted by Gasteiger charge is -2.32. The fourth-order valence-corrected chi connectivity index (χ4v) is 3.28. The van der Waals surface area contributed by atoms with Crippen molar-refractivity contribution in [3.8, 4) is 0 Å². The molecule has 4 heteroatoms. The van der Waals surface area contributed by atoms with E-state index in [0.717, 1.165) is 11.3 Å². The summed E-state index contributed by atoms with van der Waals surface area (Å²) in [6.45, 7) is 4.53. The largest absolute Gasteiger partial charge is 0.335 e. The van der Waals surface area contributed by atoms with Gasteiger partial charge in [0.2, 0.25) is 11.8 Å². The number of carbonyl (C=O) groups excluding carboxylic acids is 2. The Labute approximate surface area is 155 Å². The predicted octanol–water partition coefficient (Wildman–Crippen LogP) is 3.87. The van der Waals surface area contributed by atoms with E-state index in [-0.39, 0.29) is 17.9 Å². The van der Waals surface area contributed by atoms with E-state index in [1.165, 1.54) is 0 Å². The smallest absolute Gasteiger partial charge is 0.242 e. The molecule has 0 aliphatic heterocycles. The van der Waals surface area contributed by atoms with E-state index in [2.05, 4.69) is 0 Å². The van der Waals surface area contributed by atoms with Crippen LogP contribution in [0.3, 0.4) is 0 Å². The molecule has 2 amide bonds. The lowest BCUT2D eigenvalue weighted by Crippen LogP contribution is -2.48. The fraction of sp³-hybridized carbons (Fsp3) is 0.364. The second-order valence-electron chi connectivity index (χ2n) is 7.29. The topological polar surface area (TPSA) is 40.6 Å². The lowest BCUT2D eigenvalue weighted by atomic mass is 10.0. The van der Waals surface area contributed by atoms with E-state index in [1.807, 2.05) is 79.4 Å². The Balaban J connectivity index is 1.81. The highest BCUT2D eigenvalue weighted by atomic mass is 16.2. The molecule has 26 heavy (non-hydrogen) atoms. The molecule has 0 N–H and O–H groups in total. The Morgan fingerprint density at radius 2 is 1.46 bits per heavy atom. The molecule has 1 saturated carbocycles. The zero-order chi connectivity index (χ0) is 18.7. The second-order valence-corrected chi connectivity index (χ2v) is 7.29. The molecule has 0 saturated heterocycles. The van der Waals surface area contributed by atoms with Gasteiger partial charge in [-0.05, 0) is 44.4 Å². The number of hydrogen-bond donors (Lipinski definition) is 0. The highest BCUT2D eigenvalue weighted by Gasteiger charge is 2.59. The van der Waals surface area contributed by atoms with Crippen LogP contribution < -0.4 is 4.90 Å². The van der Waals surface area contributed by atoms with Crippen LogP contribution in [0.15, 0.2) is 60.7 Å². The van der Waals surface area contributed by atoms with Gasteiger partial charge >= 0.3 is 0 Å². The van der Waals surface area contributed by atoms with Gasteiger partial charge < -0.3 is 9.80 Å². The molecule has 3 rings (SSSR count). The number of nitrogens with zero attached hydrogens (tertiary/aromatic N) is 2. The summed E-state index contributed by atoms with van der Waals surface area (Å²) in [4.78, 5) is 29.9. The number of rotatable bonds is 6. The highest BCUT2D eigenvalue weighted by molar-refractivity contribution is 6.13. The molecule has 0 unspecified atom stereocenters. The van der Waals surface area contributed by atoms with Crippen LogP contribution in [0.25, 0.3) is 0 Å². The fourth-order valence-electron chi connectivity index (χ4n) is 3.28. The van der Waals surface area contributed by atoms with Crippen LogP contribution in [0.4, 0.5) is 5.69 Å². The minimum atomic E-state index is -0.899. The third-order valence-electron chi connectivity index (χ3n) is 5.10. The first-order chi connectivity index (χ1) is 12.5. The Kier molecular flexibility index (Phi) is 5.12. The average Bonchev–Trinajstić information content (AvgIpc) is 3.47. The van der Waals surface area contributed by atoms with E-state index >= 15 is 0 Å². The molecule has 2 aromatic rings. The number of benzene rings is 2. The monoisotopic (exact) mass is 350 g/mol. The van der Waals surface area contributed by atoms with Gasteiger partial charge in [0.05, 0.1) is 0 Å². The summed E-state index contributed by atoms with van der Waals surface area (Å²) in [6.07, 6.45) is 1.25. The molecular formula is C22H26N2O2. The maximum absolute atomic E-state index is 13.3. The maximum atomic E-state index is 13.3. The summed E-state index contributed by atoms with van der Waals surface area (Å²) in [7, 11) is 1.75. The summed E-state index contributed by atoms with van der Waals surface area (Å²) >= 11 is 0. The van der Waals surface area contributed by atoms with Crippen LogP contribution in [0.5, 0.6) is 0 Å². The van der Waals surface area contributed by atoms with Gasteiger partial charge in [-0.1, -0.05) is 48.5 Å². The molecule has 4 nitrogen and oxygen atoms in total. The van der Waals surface area contributed by atoms with Gasteiger partial charge in [0.15, 0.2) is 0 Å². The Morgan fingerprint density at radius 3 is 1.96 bits per heavy atom. The minimum Gasteiger partial charge on any atom is -0.335 e. The number of anilines is 1. The van der Waals surface area contributed by atoms with Crippen molar-refractivity contribution < 1.29 is 9.59 Å². The quantitative estimate of drug-likeness (QED) is 0.742. The molecule has 0 aromatic heterocycles. The summed E-state index contributed by atoms with van der Waals surface area (Å²) in [6, 6.07) is 19.5. The minimum absolute atomic E-state index is 0.0370. The first-order valence-electron chi connectivity index (χ1n) is 9.14. The van der Waals surface area contributed by atoms with Crippen molar-refractivity contribution in [3.63, 3.8) is 0 Å². The van der Waals surface area contributed by atoms with Crippen molar-refractivity contribution in [3.05, 3.63) is 66.2 Å². The molecule has 0 atom stereocenters. The van der Waals surface area contributed by atoms with Crippen molar-refractivity contribution in [2.75, 3.05) is 11.9 Å². The summed E-state index contributed by atoms with van der Waals surface area (Å²) in [5, 5.41) is 0. The molecule has 0 heterocycles. The van der Waals surface area contributed by atoms with Crippen LogP contribution in [0.2, 0.25) is 0 Å². The number of hydrogen-bond acceptors (Lipinski definition) is 2. The molecular weight excluding hydrogens is 324 g/mol. The molecule has 136 valence electrons. The van der Waals surface area contributed by atoms with Crippen molar-refractivity contribution in [2.45, 2.75) is 39.3 Å². The molecule has 0 radical (unpaired) electrons. The van der Waals surface area contributed by atoms with Gasteiger partial charge in [-0.15, -0.1) is 0 Å². The Morgan fingerprint density at radius 1 is 0.923 bits per heavy atom. The Hall–Kier alpha value is -2.62. The average molecular weight is 350 g/mol. The second kappa shape index (κ2) is 7.32. The molecule has 1 fully saturated rings. The van der Waals surface area contributed by atoms with Crippen molar-refractivity contribution in [2.24, 2.45) is 5.41 Å². The molecule has 0 bridgehead atoms. The van der Waals surface area contributed by atoms with Crippen molar-refractivity contribution in [1.82, 2.24) is 4.90 Å². The first-order valence-corrected chi connectivity index (χ1v) is 9.14. The van der Waals surface area contributed by atoms with Crippen molar-refractivity contribution >= 4 is 17.5 Å². The molecule has 1 aliphatic carbocycles. The highest BCUT2D eigenvalue weighted by Crippen LogP contribution is 2.49. The van der Waals surface area contributed by atoms with Crippen LogP contribution in [0, 0.1) is 5.41 Å². The van der Waals surface area contributed by atoms with Crippen LogP contribution in [-0.4, -0.2) is 29.8 Å². The van der Waals surface area contributed by atoms with Gasteiger partial charge in [-0.2, -0.15) is 0 Å². The van der Waals surface area contributed by atoms with E-state index in [9.17, 15) is 9.59 Å². The molecule has 0 spiro atoms. The van der Waals surface area contributed by atoms with E-state index in [4.69, 9.17) is 0 Å². The maximum Gasteiger partial charge on any atom is 0.242 e. The zero-order valence-electron chi connectivity index (χ0n) is 15.7. The van der Waals surface area contributed by atoms with Crippen LogP contribution in [0.1, 0.15) is 32.3 Å². The standard InChI is InChI=1S/C22H26N2O2/c1-17(2)24(16-18-10-6-4-7-11-18)21(26)22(14-15-22)20(25)23(3)19-12-8-5-9-13-19/h4-13,17H,14-16H2,1-3H3. The van der Waals surface area contributed by atoms with Gasteiger partial charge in [-0.25, -0.2) is 0 Å². The zero-order valence-corrected chi connectivity index (χ0v) is 15.7. The van der Waals surface area contributed by atoms with Gasteiger partial charge in [0.1, 0.15) is 5.41 Å². The van der Waals surface area contributed by atoms with Gasteiger partial charge in [0.25, 0.3) is 0 Å². The normalized spacial score (nSPS) is 14.8.